The van der Waals surface area contributed by atoms with Gasteiger partial charge in [-0.2, -0.15) is 0 Å². The summed E-state index contributed by atoms with van der Waals surface area (Å²) in [6, 6.07) is 31.0. The molecule has 7 heteroatoms. The van der Waals surface area contributed by atoms with Gasteiger partial charge in [-0.3, -0.25) is 0 Å². The highest BCUT2D eigenvalue weighted by Gasteiger charge is 2.61. The molecule has 4 aliphatic carbocycles. The topological polar surface area (TPSA) is 55.4 Å². The minimum Gasteiger partial charge on any atom is -0.404 e. The van der Waals surface area contributed by atoms with Gasteiger partial charge in [0.05, 0.1) is 25.9 Å². The smallest absolute Gasteiger partial charge is 0.404 e. The van der Waals surface area contributed by atoms with E-state index >= 15 is 0 Å². The van der Waals surface area contributed by atoms with Gasteiger partial charge < -0.3 is 28.3 Å². The van der Waals surface area contributed by atoms with Crippen molar-refractivity contribution in [2.24, 2.45) is 52.3 Å². The predicted molar refractivity (Wildman–Crippen MR) is 239 cm³/mol. The summed E-state index contributed by atoms with van der Waals surface area (Å²) in [5, 5.41) is 0. The van der Waals surface area contributed by atoms with E-state index < -0.39 is 31.7 Å². The summed E-state index contributed by atoms with van der Waals surface area (Å²) in [6.07, 6.45) is 13.9. The fourth-order valence-electron chi connectivity index (χ4n) is 13.9. The van der Waals surface area contributed by atoms with Crippen molar-refractivity contribution in [3.8, 4) is 0 Å². The number of fused-ring (bicyclic) bond motifs is 6. The van der Waals surface area contributed by atoms with Crippen LogP contribution in [0.15, 0.2) is 91.0 Å². The van der Waals surface area contributed by atoms with Crippen LogP contribution >= 0.6 is 0 Å². The second-order valence-corrected chi connectivity index (χ2v) is 21.0. The third-order valence-corrected chi connectivity index (χ3v) is 17.1. The van der Waals surface area contributed by atoms with Crippen LogP contribution in [0.1, 0.15) is 123 Å². The minimum absolute atomic E-state index is 0.109. The Balaban J connectivity index is 0.911. The Bertz CT molecular complexity index is 1790. The number of hydrogen-bond donors (Lipinski definition) is 0. The molecule has 3 aromatic rings. The van der Waals surface area contributed by atoms with Crippen molar-refractivity contribution in [2.45, 2.75) is 162 Å². The Labute approximate surface area is 362 Å². The van der Waals surface area contributed by atoms with E-state index in [-0.39, 0.29) is 12.2 Å². The Morgan fingerprint density at radius 3 is 2.05 bits per heavy atom. The second kappa shape index (κ2) is 18.7. The lowest BCUT2D eigenvalue weighted by molar-refractivity contribution is -0.335. The fraction of sp³-hybridized carbons (Fsp3) is 0.660. The average Bonchev–Trinajstić information content (AvgIpc) is 3.63. The first kappa shape index (κ1) is 42.8. The minimum atomic E-state index is -0.602. The molecule has 14 atom stereocenters. The summed E-state index contributed by atoms with van der Waals surface area (Å²) >= 11 is 0. The molecule has 6 fully saturated rings. The molecule has 0 aromatic heterocycles. The van der Waals surface area contributed by atoms with Crippen molar-refractivity contribution in [2.75, 3.05) is 6.61 Å². The first-order valence-electron chi connectivity index (χ1n) is 24.1. The largest absolute Gasteiger partial charge is 0.494 e. The van der Waals surface area contributed by atoms with Gasteiger partial charge in [0.15, 0.2) is 6.29 Å². The third-order valence-electron chi connectivity index (χ3n) is 17.1. The first-order chi connectivity index (χ1) is 29.2. The Kier molecular flexibility index (Phi) is 13.3. The number of hydrogen-bond acceptors (Lipinski definition) is 6. The average molecular weight is 817 g/mol. The molecule has 3 aromatic carbocycles. The van der Waals surface area contributed by atoms with E-state index in [1.165, 1.54) is 64.2 Å². The van der Waals surface area contributed by atoms with Gasteiger partial charge in [-0.05, 0) is 127 Å². The van der Waals surface area contributed by atoms with E-state index in [0.717, 1.165) is 64.9 Å². The molecule has 2 aliphatic heterocycles. The standard InChI is InChI=1S/C53H73BO6/c1-36(2)16-15-17-37(3)44-26-27-45-43-25-24-40-32-42(28-30-52(40,4)46(43)29-31-53(44,45)5)58-51-50(56-34-39-20-11-7-12-21-39)49(55-33-38-18-9-6-10-19-38)48-47(59-51)35-57-54(60-48)41-22-13-8-14-23-41/h6-14,18-23,36-37,40,42-51H,15-17,24-35H2,1-5H3/t37-,40+,42+,43+,44-,45+,46+,47-,48-,49+,50-,51+,52+,53-/m1/s1. The lowest BCUT2D eigenvalue weighted by Crippen LogP contribution is -2.67. The van der Waals surface area contributed by atoms with E-state index in [9.17, 15) is 0 Å². The molecule has 324 valence electrons. The normalized spacial score (nSPS) is 38.1. The summed E-state index contributed by atoms with van der Waals surface area (Å²) in [5.74, 6) is 5.88. The summed E-state index contributed by atoms with van der Waals surface area (Å²) < 4.78 is 41.2. The van der Waals surface area contributed by atoms with Crippen molar-refractivity contribution in [3.05, 3.63) is 102 Å². The molecule has 6 aliphatic rings. The summed E-state index contributed by atoms with van der Waals surface area (Å²) in [7, 11) is -0.511. The van der Waals surface area contributed by atoms with Crippen LogP contribution in [-0.2, 0) is 41.5 Å². The summed E-state index contributed by atoms with van der Waals surface area (Å²) in [5.41, 5.74) is 4.12. The van der Waals surface area contributed by atoms with Gasteiger partial charge in [-0.15, -0.1) is 0 Å². The Morgan fingerprint density at radius 2 is 1.35 bits per heavy atom. The maximum absolute atomic E-state index is 7.24. The van der Waals surface area contributed by atoms with Crippen LogP contribution in [0.2, 0.25) is 0 Å². The molecule has 6 nitrogen and oxygen atoms in total. The van der Waals surface area contributed by atoms with E-state index in [0.29, 0.717) is 36.6 Å². The van der Waals surface area contributed by atoms with Gasteiger partial charge in [0.1, 0.15) is 24.4 Å². The van der Waals surface area contributed by atoms with E-state index in [1.807, 2.05) is 30.3 Å². The number of ether oxygens (including phenoxy) is 4. The van der Waals surface area contributed by atoms with E-state index in [4.69, 9.17) is 28.3 Å². The Morgan fingerprint density at radius 1 is 0.700 bits per heavy atom. The molecule has 2 heterocycles. The van der Waals surface area contributed by atoms with Crippen molar-refractivity contribution in [1.29, 1.82) is 0 Å². The van der Waals surface area contributed by atoms with Crippen LogP contribution in [0.4, 0.5) is 0 Å². The molecule has 4 saturated carbocycles. The van der Waals surface area contributed by atoms with Gasteiger partial charge >= 0.3 is 7.12 Å². The van der Waals surface area contributed by atoms with Crippen molar-refractivity contribution in [3.63, 3.8) is 0 Å². The molecule has 0 spiro atoms. The van der Waals surface area contributed by atoms with Crippen molar-refractivity contribution >= 4 is 12.6 Å². The first-order valence-corrected chi connectivity index (χ1v) is 24.1. The van der Waals surface area contributed by atoms with Gasteiger partial charge in [-0.1, -0.05) is 145 Å². The van der Waals surface area contributed by atoms with Gasteiger partial charge in [0.2, 0.25) is 0 Å². The van der Waals surface area contributed by atoms with Crippen LogP contribution in [0, 0.1) is 52.3 Å². The van der Waals surface area contributed by atoms with Crippen LogP contribution in [-0.4, -0.2) is 50.5 Å². The fourth-order valence-corrected chi connectivity index (χ4v) is 13.9. The Hall–Kier alpha value is -2.52. The predicted octanol–water partition coefficient (Wildman–Crippen LogP) is 11.2. The van der Waals surface area contributed by atoms with Gasteiger partial charge in [0.25, 0.3) is 0 Å². The highest BCUT2D eigenvalue weighted by Crippen LogP contribution is 2.68. The highest BCUT2D eigenvalue weighted by molar-refractivity contribution is 6.61. The molecule has 9 rings (SSSR count). The lowest BCUT2D eigenvalue weighted by Gasteiger charge is -2.61. The zero-order chi connectivity index (χ0) is 41.3. The maximum Gasteiger partial charge on any atom is 0.494 e. The lowest BCUT2D eigenvalue weighted by atomic mass is 9.44. The summed E-state index contributed by atoms with van der Waals surface area (Å²) in [6.45, 7) is 14.1. The van der Waals surface area contributed by atoms with Crippen LogP contribution in [0.25, 0.3) is 0 Å². The third kappa shape index (κ3) is 8.84. The van der Waals surface area contributed by atoms with Crippen LogP contribution in [0.3, 0.4) is 0 Å². The zero-order valence-corrected chi connectivity index (χ0v) is 37.3. The second-order valence-electron chi connectivity index (χ2n) is 21.0. The molecular weight excluding hydrogens is 743 g/mol. The molecule has 2 saturated heterocycles. The van der Waals surface area contributed by atoms with E-state index in [2.05, 4.69) is 95.3 Å². The highest BCUT2D eigenvalue weighted by atomic mass is 16.7. The maximum atomic E-state index is 7.24. The SMILES string of the molecule is CC(C)CCC[C@@H](C)[C@H]1CC[C@H]2[C@@H]3CC[C@H]4C[C@@H](O[C@H]5O[C@@H]6COB(c7ccccc7)O[C@H]6[C@H](OCc6ccccc6)[C@H]5OCc5ccccc5)CC[C@]4(C)[C@H]3CC[C@]12C. The van der Waals surface area contributed by atoms with Gasteiger partial charge in [-0.25, -0.2) is 0 Å². The number of rotatable bonds is 14. The molecule has 0 N–H and O–H groups in total. The van der Waals surface area contributed by atoms with Gasteiger partial charge in [0, 0.05) is 0 Å². The van der Waals surface area contributed by atoms with Crippen LogP contribution in [0.5, 0.6) is 0 Å². The van der Waals surface area contributed by atoms with E-state index in [1.54, 1.807) is 0 Å². The molecule has 0 unspecified atom stereocenters. The zero-order valence-electron chi connectivity index (χ0n) is 37.3. The molecule has 0 bridgehead atoms. The molecule has 0 radical (unpaired) electrons. The quantitative estimate of drug-likeness (QED) is 0.119. The summed E-state index contributed by atoms with van der Waals surface area (Å²) in [4.78, 5) is 0. The van der Waals surface area contributed by atoms with Crippen LogP contribution < -0.4 is 5.46 Å². The molecule has 60 heavy (non-hydrogen) atoms. The van der Waals surface area contributed by atoms with Crippen molar-refractivity contribution in [1.82, 2.24) is 0 Å². The molecular formula is C53H73BO6. The number of benzene rings is 3. The monoisotopic (exact) mass is 817 g/mol. The van der Waals surface area contributed by atoms with Crippen molar-refractivity contribution < 1.29 is 28.3 Å². The molecule has 0 amide bonds.